The van der Waals surface area contributed by atoms with E-state index in [0.29, 0.717) is 0 Å². The summed E-state index contributed by atoms with van der Waals surface area (Å²) in [7, 11) is 0. The molecule has 2 aromatic heterocycles. The van der Waals surface area contributed by atoms with Gasteiger partial charge in [-0.25, -0.2) is 0 Å². The van der Waals surface area contributed by atoms with E-state index in [-0.39, 0.29) is 0 Å². The number of rotatable bonds is 6. The number of benzene rings is 9. The minimum atomic E-state index is 0.902. The van der Waals surface area contributed by atoms with Gasteiger partial charge in [0.25, 0.3) is 0 Å². The van der Waals surface area contributed by atoms with Crippen LogP contribution in [0.5, 0.6) is 0 Å². The first-order valence-corrected chi connectivity index (χ1v) is 18.8. The second-order valence-electron chi connectivity index (χ2n) is 14.1. The van der Waals surface area contributed by atoms with Crippen molar-refractivity contribution in [2.24, 2.45) is 0 Å². The molecule has 0 fully saturated rings. The van der Waals surface area contributed by atoms with Gasteiger partial charge < -0.3 is 13.9 Å². The van der Waals surface area contributed by atoms with Crippen molar-refractivity contribution in [3.8, 4) is 27.9 Å². The lowest BCUT2D eigenvalue weighted by molar-refractivity contribution is 0.670. The monoisotopic (exact) mass is 702 g/mol. The Labute approximate surface area is 318 Å². The van der Waals surface area contributed by atoms with Crippen molar-refractivity contribution in [2.75, 3.05) is 4.90 Å². The molecule has 0 amide bonds. The maximum absolute atomic E-state index is 6.48. The Kier molecular flexibility index (Phi) is 7.17. The molecule has 0 saturated carbocycles. The van der Waals surface area contributed by atoms with Crippen LogP contribution in [0.4, 0.5) is 17.1 Å². The molecule has 0 spiro atoms. The van der Waals surface area contributed by atoms with Gasteiger partial charge in [-0.1, -0.05) is 146 Å². The average Bonchev–Trinajstić information content (AvgIpc) is 3.80. The Morgan fingerprint density at radius 3 is 1.78 bits per heavy atom. The fourth-order valence-corrected chi connectivity index (χ4v) is 8.43. The van der Waals surface area contributed by atoms with E-state index in [4.69, 9.17) is 4.42 Å². The SMILES string of the molecule is c1cc(-c2cccc3c2oc2ccccc23)cc(N(c2ccc(-c3ccccc3-n3c4ccccc4c4ccccc43)cc2)c2ccc3ccccc3c2)c1. The molecule has 0 aliphatic carbocycles. The maximum Gasteiger partial charge on any atom is 0.143 e. The van der Waals surface area contributed by atoms with E-state index in [9.17, 15) is 0 Å². The predicted octanol–water partition coefficient (Wildman–Crippen LogP) is 14.6. The van der Waals surface area contributed by atoms with Crippen LogP contribution in [0, 0.1) is 0 Å². The van der Waals surface area contributed by atoms with Gasteiger partial charge >= 0.3 is 0 Å². The minimum absolute atomic E-state index is 0.902. The second-order valence-corrected chi connectivity index (χ2v) is 14.1. The molecule has 11 aromatic rings. The zero-order valence-corrected chi connectivity index (χ0v) is 29.9. The van der Waals surface area contributed by atoms with Crippen LogP contribution < -0.4 is 4.90 Å². The number of hydrogen-bond acceptors (Lipinski definition) is 2. The van der Waals surface area contributed by atoms with Gasteiger partial charge in [0.05, 0.1) is 16.7 Å². The second kappa shape index (κ2) is 12.6. The van der Waals surface area contributed by atoms with Gasteiger partial charge in [0.1, 0.15) is 11.2 Å². The van der Waals surface area contributed by atoms with E-state index in [1.807, 2.05) is 12.1 Å². The summed E-state index contributed by atoms with van der Waals surface area (Å²) in [5, 5.41) is 7.19. The molecule has 0 atom stereocenters. The van der Waals surface area contributed by atoms with Crippen LogP contribution in [0.2, 0.25) is 0 Å². The van der Waals surface area contributed by atoms with E-state index < -0.39 is 0 Å². The van der Waals surface area contributed by atoms with E-state index in [1.165, 1.54) is 38.1 Å². The zero-order chi connectivity index (χ0) is 36.3. The Balaban J connectivity index is 1.05. The Hall–Kier alpha value is -7.36. The third-order valence-electron chi connectivity index (χ3n) is 11.0. The molecule has 9 aromatic carbocycles. The zero-order valence-electron chi connectivity index (χ0n) is 29.9. The van der Waals surface area contributed by atoms with Crippen molar-refractivity contribution in [1.29, 1.82) is 0 Å². The smallest absolute Gasteiger partial charge is 0.143 e. The third-order valence-corrected chi connectivity index (χ3v) is 11.0. The summed E-state index contributed by atoms with van der Waals surface area (Å²) in [5.41, 5.74) is 13.1. The molecule has 0 radical (unpaired) electrons. The van der Waals surface area contributed by atoms with Crippen molar-refractivity contribution in [2.45, 2.75) is 0 Å². The molecular formula is C52H34N2O. The quantitative estimate of drug-likeness (QED) is 0.172. The van der Waals surface area contributed by atoms with Crippen molar-refractivity contribution in [3.63, 3.8) is 0 Å². The fraction of sp³-hybridized carbons (Fsp3) is 0. The molecule has 0 unspecified atom stereocenters. The Morgan fingerprint density at radius 1 is 0.364 bits per heavy atom. The fourth-order valence-electron chi connectivity index (χ4n) is 8.43. The van der Waals surface area contributed by atoms with Gasteiger partial charge in [0, 0.05) is 49.7 Å². The summed E-state index contributed by atoms with van der Waals surface area (Å²) >= 11 is 0. The predicted molar refractivity (Wildman–Crippen MR) is 231 cm³/mol. The summed E-state index contributed by atoms with van der Waals surface area (Å²) in [6.07, 6.45) is 0. The van der Waals surface area contributed by atoms with E-state index >= 15 is 0 Å². The van der Waals surface area contributed by atoms with Crippen LogP contribution >= 0.6 is 0 Å². The van der Waals surface area contributed by atoms with Crippen LogP contribution in [-0.2, 0) is 0 Å². The summed E-state index contributed by atoms with van der Waals surface area (Å²) in [4.78, 5) is 2.36. The third kappa shape index (κ3) is 5.13. The normalized spacial score (nSPS) is 11.6. The molecule has 11 rings (SSSR count). The highest BCUT2D eigenvalue weighted by atomic mass is 16.3. The van der Waals surface area contributed by atoms with E-state index in [2.05, 4.69) is 204 Å². The number of nitrogens with zero attached hydrogens (tertiary/aromatic N) is 2. The molecule has 2 heterocycles. The molecule has 258 valence electrons. The molecule has 0 saturated heterocycles. The van der Waals surface area contributed by atoms with Gasteiger partial charge in [0.15, 0.2) is 0 Å². The summed E-state index contributed by atoms with van der Waals surface area (Å²) in [5.74, 6) is 0. The molecule has 3 nitrogen and oxygen atoms in total. The van der Waals surface area contributed by atoms with Crippen molar-refractivity contribution < 1.29 is 4.42 Å². The van der Waals surface area contributed by atoms with Gasteiger partial charge in [-0.2, -0.15) is 0 Å². The average molecular weight is 703 g/mol. The number of anilines is 3. The molecule has 3 heteroatoms. The first kappa shape index (κ1) is 31.2. The van der Waals surface area contributed by atoms with Crippen LogP contribution in [0.15, 0.2) is 211 Å². The molecular weight excluding hydrogens is 669 g/mol. The topological polar surface area (TPSA) is 21.3 Å². The van der Waals surface area contributed by atoms with Crippen LogP contribution in [0.3, 0.4) is 0 Å². The van der Waals surface area contributed by atoms with Gasteiger partial charge in [0.2, 0.25) is 0 Å². The van der Waals surface area contributed by atoms with Gasteiger partial charge in [-0.3, -0.25) is 0 Å². The summed E-state index contributed by atoms with van der Waals surface area (Å²) in [6.45, 7) is 0. The maximum atomic E-state index is 6.48. The lowest BCUT2D eigenvalue weighted by Crippen LogP contribution is -2.10. The molecule has 0 aliphatic rings. The minimum Gasteiger partial charge on any atom is -0.455 e. The van der Waals surface area contributed by atoms with Crippen LogP contribution in [-0.4, -0.2) is 4.57 Å². The van der Waals surface area contributed by atoms with E-state index in [1.54, 1.807) is 0 Å². The number of hydrogen-bond donors (Lipinski definition) is 0. The lowest BCUT2D eigenvalue weighted by Gasteiger charge is -2.27. The Bertz CT molecular complexity index is 3170. The van der Waals surface area contributed by atoms with Gasteiger partial charge in [-0.05, 0) is 82.6 Å². The van der Waals surface area contributed by atoms with Crippen LogP contribution in [0.1, 0.15) is 0 Å². The van der Waals surface area contributed by atoms with Gasteiger partial charge in [-0.15, -0.1) is 0 Å². The van der Waals surface area contributed by atoms with Crippen molar-refractivity contribution >= 4 is 71.6 Å². The molecule has 0 bridgehead atoms. The standard InChI is InChI=1S/C52H34N2O/c1-2-14-37-33-41(32-27-35(37)13-1)53(40-16-11-15-38(34-40)43-21-12-22-47-46-20-6-10-26-51(46)55-52(43)47)39-30-28-36(29-31-39)42-17-3-7-23-48(42)54-49-24-8-4-18-44(49)45-19-5-9-25-50(45)54/h1-34H. The number of fused-ring (bicyclic) bond motifs is 7. The van der Waals surface area contributed by atoms with E-state index in [0.717, 1.165) is 61.4 Å². The molecule has 0 aliphatic heterocycles. The first-order chi connectivity index (χ1) is 27.3. The van der Waals surface area contributed by atoms with Crippen molar-refractivity contribution in [3.05, 3.63) is 206 Å². The lowest BCUT2D eigenvalue weighted by atomic mass is 10.0. The molecule has 55 heavy (non-hydrogen) atoms. The highest BCUT2D eigenvalue weighted by Crippen LogP contribution is 2.42. The first-order valence-electron chi connectivity index (χ1n) is 18.8. The largest absolute Gasteiger partial charge is 0.455 e. The highest BCUT2D eigenvalue weighted by Gasteiger charge is 2.19. The molecule has 0 N–H and O–H groups in total. The number of para-hydroxylation sites is 5. The Morgan fingerprint density at radius 2 is 0.964 bits per heavy atom. The highest BCUT2D eigenvalue weighted by molar-refractivity contribution is 6.11. The summed E-state index contributed by atoms with van der Waals surface area (Å²) < 4.78 is 8.89. The number of aromatic nitrogens is 1. The summed E-state index contributed by atoms with van der Waals surface area (Å²) in [6, 6.07) is 73.9. The van der Waals surface area contributed by atoms with Crippen LogP contribution in [0.25, 0.3) is 82.5 Å². The van der Waals surface area contributed by atoms with Crippen molar-refractivity contribution in [1.82, 2.24) is 4.57 Å². The number of furan rings is 1.